The minimum absolute atomic E-state index is 0.151. The van der Waals surface area contributed by atoms with Gasteiger partial charge in [-0.3, -0.25) is 14.6 Å². The highest BCUT2D eigenvalue weighted by Gasteiger charge is 2.36. The van der Waals surface area contributed by atoms with Crippen LogP contribution in [-0.2, 0) is 16.4 Å². The Morgan fingerprint density at radius 1 is 1.27 bits per heavy atom. The molecule has 2 atom stereocenters. The van der Waals surface area contributed by atoms with Gasteiger partial charge in [0.05, 0.1) is 34.9 Å². The normalized spacial score (nSPS) is 19.7. The van der Waals surface area contributed by atoms with Crippen LogP contribution < -0.4 is 15.6 Å². The van der Waals surface area contributed by atoms with E-state index in [0.29, 0.717) is 11.3 Å². The second-order valence-electron chi connectivity index (χ2n) is 7.96. The molecule has 3 aromatic rings. The number of hydrazine groups is 1. The number of pyridine rings is 1. The Morgan fingerprint density at radius 3 is 2.61 bits per heavy atom. The number of halogens is 2. The van der Waals surface area contributed by atoms with Crippen LogP contribution in [0, 0.1) is 25.5 Å². The van der Waals surface area contributed by atoms with Crippen LogP contribution >= 0.6 is 0 Å². The van der Waals surface area contributed by atoms with Gasteiger partial charge in [-0.25, -0.2) is 27.6 Å². The first-order valence-electron chi connectivity index (χ1n) is 10.0. The lowest BCUT2D eigenvalue weighted by Gasteiger charge is -2.16. The monoisotopic (exact) mass is 480 g/mol. The molecule has 4 rings (SSSR count). The molecule has 0 radical (unpaired) electrons. The van der Waals surface area contributed by atoms with Crippen molar-refractivity contribution in [2.45, 2.75) is 32.6 Å². The molecule has 1 saturated heterocycles. The molecule has 0 saturated carbocycles. The van der Waals surface area contributed by atoms with Crippen molar-refractivity contribution in [2.24, 2.45) is 0 Å². The molecule has 1 fully saturated rings. The number of nitrogens with zero attached hydrogens (tertiary/aromatic N) is 2. The molecule has 9 nitrogen and oxygen atoms in total. The molecule has 1 amide bonds. The van der Waals surface area contributed by atoms with Crippen molar-refractivity contribution in [2.75, 3.05) is 11.5 Å². The minimum Gasteiger partial charge on any atom is -0.485 e. The molecule has 0 spiro atoms. The van der Waals surface area contributed by atoms with Crippen LogP contribution in [0.3, 0.4) is 0 Å². The lowest BCUT2D eigenvalue weighted by atomic mass is 10.2. The molecular weight excluding hydrogens is 458 g/mol. The second-order valence-corrected chi connectivity index (χ2v) is 10.1. The summed E-state index contributed by atoms with van der Waals surface area (Å²) in [5.41, 5.74) is 6.23. The molecule has 3 N–H and O–H groups in total. The Balaban J connectivity index is 1.58. The molecule has 1 aliphatic rings. The van der Waals surface area contributed by atoms with Gasteiger partial charge in [-0.15, -0.1) is 0 Å². The average molecular weight is 480 g/mol. The number of aryl methyl sites for hydroxylation is 2. The van der Waals surface area contributed by atoms with E-state index in [2.05, 4.69) is 15.8 Å². The molecule has 0 bridgehead atoms. The number of rotatable bonds is 6. The molecule has 3 heterocycles. The molecule has 2 aromatic heterocycles. The van der Waals surface area contributed by atoms with Crippen LogP contribution in [0.2, 0.25) is 0 Å². The van der Waals surface area contributed by atoms with Gasteiger partial charge in [0, 0.05) is 6.20 Å². The summed E-state index contributed by atoms with van der Waals surface area (Å²) >= 11 is 0. The van der Waals surface area contributed by atoms with E-state index in [9.17, 15) is 27.1 Å². The first kappa shape index (κ1) is 23.1. The first-order valence-corrected chi connectivity index (χ1v) is 11.9. The van der Waals surface area contributed by atoms with Crippen molar-refractivity contribution < 1.29 is 31.8 Å². The van der Waals surface area contributed by atoms with Gasteiger partial charge in [-0.05, 0) is 37.6 Å². The van der Waals surface area contributed by atoms with Crippen molar-refractivity contribution in [3.8, 4) is 5.75 Å². The number of aliphatic hydroxyl groups excluding tert-OH is 1. The number of amides is 1. The summed E-state index contributed by atoms with van der Waals surface area (Å²) in [6.07, 6.45) is 0.509. The Labute approximate surface area is 188 Å². The van der Waals surface area contributed by atoms with Gasteiger partial charge < -0.3 is 9.84 Å². The lowest BCUT2D eigenvalue weighted by molar-refractivity contribution is 0.0894. The van der Waals surface area contributed by atoms with Gasteiger partial charge in [0.15, 0.2) is 21.2 Å². The van der Waals surface area contributed by atoms with E-state index in [1.54, 1.807) is 26.1 Å². The van der Waals surface area contributed by atoms with Gasteiger partial charge in [0.1, 0.15) is 23.9 Å². The topological polar surface area (TPSA) is 122 Å². The number of hydrogen-bond acceptors (Lipinski definition) is 7. The molecule has 33 heavy (non-hydrogen) atoms. The SMILES string of the molecule is Cc1cc(OCc2c(F)cccc2F)c2nc(C)c(C(=O)NNC3CS(=O)(=O)CC3O)n2c1. The summed E-state index contributed by atoms with van der Waals surface area (Å²) < 4.78 is 58.3. The zero-order valence-corrected chi connectivity index (χ0v) is 18.6. The van der Waals surface area contributed by atoms with Gasteiger partial charge >= 0.3 is 0 Å². The molecule has 12 heteroatoms. The fourth-order valence-corrected chi connectivity index (χ4v) is 5.48. The van der Waals surface area contributed by atoms with Crippen LogP contribution in [0.15, 0.2) is 30.5 Å². The number of nitrogens with one attached hydrogen (secondary N) is 2. The number of imidazole rings is 1. The van der Waals surface area contributed by atoms with E-state index < -0.39 is 39.5 Å². The zero-order valence-electron chi connectivity index (χ0n) is 17.8. The number of sulfone groups is 1. The maximum atomic E-state index is 14.0. The average Bonchev–Trinajstić information content (AvgIpc) is 3.19. The quantitative estimate of drug-likeness (QED) is 0.453. The highest BCUT2D eigenvalue weighted by molar-refractivity contribution is 7.91. The summed E-state index contributed by atoms with van der Waals surface area (Å²) in [6, 6.07) is 4.33. The smallest absolute Gasteiger partial charge is 0.284 e. The summed E-state index contributed by atoms with van der Waals surface area (Å²) in [7, 11) is -3.39. The maximum Gasteiger partial charge on any atom is 0.284 e. The Bertz CT molecular complexity index is 1320. The highest BCUT2D eigenvalue weighted by atomic mass is 32.2. The molecule has 0 aliphatic carbocycles. The molecular formula is C21H22F2N4O5S. The number of hydrogen-bond donors (Lipinski definition) is 3. The van der Waals surface area contributed by atoms with E-state index in [1.165, 1.54) is 10.5 Å². The number of fused-ring (bicyclic) bond motifs is 1. The number of benzene rings is 1. The van der Waals surface area contributed by atoms with E-state index in [4.69, 9.17) is 4.74 Å². The van der Waals surface area contributed by atoms with Crippen LogP contribution in [0.1, 0.15) is 27.3 Å². The van der Waals surface area contributed by atoms with E-state index in [0.717, 1.165) is 12.1 Å². The summed E-state index contributed by atoms with van der Waals surface area (Å²) in [6.45, 7) is 2.98. The van der Waals surface area contributed by atoms with Gasteiger partial charge in [0.25, 0.3) is 5.91 Å². The summed E-state index contributed by atoms with van der Waals surface area (Å²) in [5.74, 6) is -2.53. The number of aliphatic hydroxyl groups is 1. The number of carbonyl (C=O) groups excluding carboxylic acids is 1. The van der Waals surface area contributed by atoms with Crippen molar-refractivity contribution in [1.29, 1.82) is 0 Å². The third-order valence-corrected chi connectivity index (χ3v) is 7.06. The molecule has 1 aliphatic heterocycles. The zero-order chi connectivity index (χ0) is 23.9. The van der Waals surface area contributed by atoms with Crippen molar-refractivity contribution in [3.05, 3.63) is 64.6 Å². The minimum atomic E-state index is -3.39. The number of ether oxygens (including phenoxy) is 1. The van der Waals surface area contributed by atoms with Crippen LogP contribution in [0.5, 0.6) is 5.75 Å². The summed E-state index contributed by atoms with van der Waals surface area (Å²) in [5, 5.41) is 9.88. The number of carbonyl (C=O) groups is 1. The fraction of sp³-hybridized carbons (Fsp3) is 0.333. The highest BCUT2D eigenvalue weighted by Crippen LogP contribution is 2.26. The van der Waals surface area contributed by atoms with E-state index >= 15 is 0 Å². The maximum absolute atomic E-state index is 14.0. The fourth-order valence-electron chi connectivity index (χ4n) is 3.74. The van der Waals surface area contributed by atoms with E-state index in [1.807, 2.05) is 0 Å². The van der Waals surface area contributed by atoms with Crippen molar-refractivity contribution in [3.63, 3.8) is 0 Å². The second kappa shape index (κ2) is 8.69. The Morgan fingerprint density at radius 2 is 1.97 bits per heavy atom. The van der Waals surface area contributed by atoms with Crippen LogP contribution in [0.4, 0.5) is 8.78 Å². The predicted octanol–water partition coefficient (Wildman–Crippen LogP) is 1.20. The standard InChI is InChI=1S/C21H22F2N4O5S/c1-11-6-18(32-8-13-14(22)4-3-5-15(13)23)20-24-12(2)19(27(20)7-11)21(29)26-25-16-9-33(30,31)10-17(16)28/h3-7,16-17,25,28H,8-10H2,1-2H3,(H,26,29). The molecule has 2 unspecified atom stereocenters. The third kappa shape index (κ3) is 4.68. The van der Waals surface area contributed by atoms with Crippen LogP contribution in [0.25, 0.3) is 5.65 Å². The molecule has 1 aromatic carbocycles. The lowest BCUT2D eigenvalue weighted by Crippen LogP contribution is -2.49. The van der Waals surface area contributed by atoms with Crippen LogP contribution in [-0.4, -0.2) is 52.5 Å². The van der Waals surface area contributed by atoms with Gasteiger partial charge in [0.2, 0.25) is 0 Å². The van der Waals surface area contributed by atoms with Gasteiger partial charge in [-0.1, -0.05) is 6.07 Å². The largest absolute Gasteiger partial charge is 0.485 e. The Hall–Kier alpha value is -3.09. The predicted molar refractivity (Wildman–Crippen MR) is 114 cm³/mol. The number of aromatic nitrogens is 2. The Kier molecular flexibility index (Phi) is 6.08. The third-order valence-electron chi connectivity index (χ3n) is 5.34. The summed E-state index contributed by atoms with van der Waals surface area (Å²) in [4.78, 5) is 17.2. The van der Waals surface area contributed by atoms with Gasteiger partial charge in [-0.2, -0.15) is 0 Å². The van der Waals surface area contributed by atoms with Crippen molar-refractivity contribution in [1.82, 2.24) is 20.2 Å². The molecule has 176 valence electrons. The van der Waals surface area contributed by atoms with E-state index in [-0.39, 0.29) is 40.8 Å². The first-order chi connectivity index (χ1) is 15.6. The van der Waals surface area contributed by atoms with Crippen molar-refractivity contribution >= 4 is 21.4 Å².